The van der Waals surface area contributed by atoms with E-state index in [2.05, 4.69) is 28.3 Å². The lowest BCUT2D eigenvalue weighted by Crippen LogP contribution is -2.25. The van der Waals surface area contributed by atoms with E-state index in [-0.39, 0.29) is 5.75 Å². The number of aromatic nitrogens is 1. The van der Waals surface area contributed by atoms with Crippen LogP contribution in [-0.4, -0.2) is 17.9 Å². The van der Waals surface area contributed by atoms with Crippen molar-refractivity contribution < 1.29 is 17.9 Å². The lowest BCUT2D eigenvalue weighted by Gasteiger charge is -2.20. The van der Waals surface area contributed by atoms with Crippen molar-refractivity contribution in [2.24, 2.45) is 0 Å². The third kappa shape index (κ3) is 4.34. The highest BCUT2D eigenvalue weighted by Crippen LogP contribution is 2.30. The van der Waals surface area contributed by atoms with Crippen molar-refractivity contribution in [1.82, 2.24) is 10.3 Å². The second-order valence-corrected chi connectivity index (χ2v) is 6.76. The minimum Gasteiger partial charge on any atom is -0.406 e. The molecule has 144 valence electrons. The average Bonchev–Trinajstić information content (AvgIpc) is 2.68. The summed E-state index contributed by atoms with van der Waals surface area (Å²) in [6.45, 7) is 1.65. The molecular weight excluding hydrogens is 365 g/mol. The number of hydrogen-bond acceptors (Lipinski definition) is 3. The van der Waals surface area contributed by atoms with Gasteiger partial charge in [0.15, 0.2) is 0 Å². The molecule has 4 rings (SSSR count). The van der Waals surface area contributed by atoms with Gasteiger partial charge < -0.3 is 10.1 Å². The van der Waals surface area contributed by atoms with Gasteiger partial charge in [-0.1, -0.05) is 36.4 Å². The van der Waals surface area contributed by atoms with Gasteiger partial charge in [0.2, 0.25) is 0 Å². The Balaban J connectivity index is 1.72. The van der Waals surface area contributed by atoms with E-state index in [0.717, 1.165) is 47.6 Å². The summed E-state index contributed by atoms with van der Waals surface area (Å²) in [7, 11) is 0. The molecule has 0 unspecified atom stereocenters. The number of fused-ring (bicyclic) bond motifs is 1. The van der Waals surface area contributed by atoms with Crippen LogP contribution in [0.2, 0.25) is 0 Å². The Morgan fingerprint density at radius 2 is 1.75 bits per heavy atom. The molecule has 0 fully saturated rings. The van der Waals surface area contributed by atoms with Crippen LogP contribution in [0.5, 0.6) is 5.75 Å². The van der Waals surface area contributed by atoms with Crippen molar-refractivity contribution in [2.45, 2.75) is 25.7 Å². The van der Waals surface area contributed by atoms with Crippen molar-refractivity contribution >= 4 is 0 Å². The molecule has 0 saturated heterocycles. The van der Waals surface area contributed by atoms with Gasteiger partial charge in [0.05, 0.1) is 5.69 Å². The molecule has 1 aliphatic rings. The van der Waals surface area contributed by atoms with Crippen molar-refractivity contribution in [1.29, 1.82) is 0 Å². The van der Waals surface area contributed by atoms with E-state index < -0.39 is 6.36 Å². The minimum atomic E-state index is -4.70. The highest BCUT2D eigenvalue weighted by atomic mass is 19.4. The standard InChI is InChI=1S/C22H19F3N2O/c23-22(24,25)28-19-8-6-16(7-9-19)21-17(12-15-4-2-1-3-5-15)13-18-14-26-11-10-20(18)27-21/h1-9,13,26H,10-12,14H2. The molecule has 1 N–H and O–H groups in total. The van der Waals surface area contributed by atoms with E-state index in [4.69, 9.17) is 4.98 Å². The smallest absolute Gasteiger partial charge is 0.406 e. The van der Waals surface area contributed by atoms with E-state index in [1.165, 1.54) is 17.7 Å². The molecule has 6 heteroatoms. The molecule has 0 saturated carbocycles. The zero-order chi connectivity index (χ0) is 19.6. The average molecular weight is 384 g/mol. The van der Waals surface area contributed by atoms with Crippen molar-refractivity contribution in [3.63, 3.8) is 0 Å². The maximum atomic E-state index is 12.4. The Hall–Kier alpha value is -2.86. The van der Waals surface area contributed by atoms with Gasteiger partial charge in [0.25, 0.3) is 0 Å². The Labute approximate surface area is 161 Å². The van der Waals surface area contributed by atoms with Crippen molar-refractivity contribution in [3.8, 4) is 17.0 Å². The fourth-order valence-electron chi connectivity index (χ4n) is 3.45. The summed E-state index contributed by atoms with van der Waals surface area (Å²) >= 11 is 0. The first-order valence-corrected chi connectivity index (χ1v) is 9.10. The van der Waals surface area contributed by atoms with Crippen molar-refractivity contribution in [3.05, 3.63) is 83.0 Å². The van der Waals surface area contributed by atoms with Crippen LogP contribution >= 0.6 is 0 Å². The molecule has 1 aliphatic heterocycles. The van der Waals surface area contributed by atoms with Gasteiger partial charge in [0, 0.05) is 30.8 Å². The maximum absolute atomic E-state index is 12.4. The first-order valence-electron chi connectivity index (χ1n) is 9.10. The molecule has 2 heterocycles. The molecule has 2 aromatic carbocycles. The Bertz CT molecular complexity index is 954. The monoisotopic (exact) mass is 384 g/mol. The predicted octanol–water partition coefficient (Wildman–Crippen LogP) is 4.88. The van der Waals surface area contributed by atoms with Gasteiger partial charge in [0.1, 0.15) is 5.75 Å². The van der Waals surface area contributed by atoms with Crippen LogP contribution in [0, 0.1) is 0 Å². The summed E-state index contributed by atoms with van der Waals surface area (Å²) in [5.41, 5.74) is 6.02. The third-order valence-corrected chi connectivity index (χ3v) is 4.72. The Morgan fingerprint density at radius 3 is 2.46 bits per heavy atom. The van der Waals surface area contributed by atoms with Gasteiger partial charge in [-0.25, -0.2) is 0 Å². The number of nitrogens with zero attached hydrogens (tertiary/aromatic N) is 1. The zero-order valence-corrected chi connectivity index (χ0v) is 15.1. The maximum Gasteiger partial charge on any atom is 0.573 e. The van der Waals surface area contributed by atoms with E-state index in [1.807, 2.05) is 18.2 Å². The molecule has 0 atom stereocenters. The number of benzene rings is 2. The fourth-order valence-corrected chi connectivity index (χ4v) is 3.45. The molecule has 0 aliphatic carbocycles. The molecular formula is C22H19F3N2O. The minimum absolute atomic E-state index is 0.233. The summed E-state index contributed by atoms with van der Waals surface area (Å²) in [5.74, 6) is -0.233. The number of pyridine rings is 1. The van der Waals surface area contributed by atoms with Gasteiger partial charge in [-0.15, -0.1) is 13.2 Å². The van der Waals surface area contributed by atoms with E-state index in [9.17, 15) is 13.2 Å². The van der Waals surface area contributed by atoms with Gasteiger partial charge in [-0.05, 0) is 47.4 Å². The molecule has 0 radical (unpaired) electrons. The second-order valence-electron chi connectivity index (χ2n) is 6.76. The Morgan fingerprint density at radius 1 is 1.00 bits per heavy atom. The Kier molecular flexibility index (Phi) is 5.05. The highest BCUT2D eigenvalue weighted by Gasteiger charge is 2.31. The summed E-state index contributed by atoms with van der Waals surface area (Å²) in [6.07, 6.45) is -3.16. The van der Waals surface area contributed by atoms with Crippen LogP contribution in [-0.2, 0) is 19.4 Å². The molecule has 0 spiro atoms. The first-order chi connectivity index (χ1) is 13.5. The molecule has 0 bridgehead atoms. The van der Waals surface area contributed by atoms with Crippen molar-refractivity contribution in [2.75, 3.05) is 6.54 Å². The SMILES string of the molecule is FC(F)(F)Oc1ccc(-c2nc3c(cc2Cc2ccccc2)CNCC3)cc1. The number of ether oxygens (including phenoxy) is 1. The number of halogens is 3. The highest BCUT2D eigenvalue weighted by molar-refractivity contribution is 5.65. The lowest BCUT2D eigenvalue weighted by atomic mass is 9.95. The zero-order valence-electron chi connectivity index (χ0n) is 15.1. The van der Waals surface area contributed by atoms with Crippen LogP contribution < -0.4 is 10.1 Å². The number of alkyl halides is 3. The number of rotatable bonds is 4. The normalized spacial score (nSPS) is 13.8. The van der Waals surface area contributed by atoms with E-state index in [0.29, 0.717) is 6.42 Å². The summed E-state index contributed by atoms with van der Waals surface area (Å²) in [4.78, 5) is 4.88. The van der Waals surface area contributed by atoms with Gasteiger partial charge in [-0.3, -0.25) is 4.98 Å². The largest absolute Gasteiger partial charge is 0.573 e. The fraction of sp³-hybridized carbons (Fsp3) is 0.227. The number of nitrogens with one attached hydrogen (secondary N) is 1. The molecule has 1 aromatic heterocycles. The third-order valence-electron chi connectivity index (χ3n) is 4.72. The van der Waals surface area contributed by atoms with E-state index in [1.54, 1.807) is 12.1 Å². The molecule has 28 heavy (non-hydrogen) atoms. The number of hydrogen-bond donors (Lipinski definition) is 1. The second kappa shape index (κ2) is 7.64. The molecule has 0 amide bonds. The molecule has 3 aromatic rings. The summed E-state index contributed by atoms with van der Waals surface area (Å²) < 4.78 is 41.2. The first kappa shape index (κ1) is 18.5. The quantitative estimate of drug-likeness (QED) is 0.696. The lowest BCUT2D eigenvalue weighted by molar-refractivity contribution is -0.274. The summed E-state index contributed by atoms with van der Waals surface area (Å²) in [5, 5.41) is 3.36. The van der Waals surface area contributed by atoms with Crippen LogP contribution in [0.3, 0.4) is 0 Å². The van der Waals surface area contributed by atoms with Crippen LogP contribution in [0.25, 0.3) is 11.3 Å². The summed E-state index contributed by atoms with van der Waals surface area (Å²) in [6, 6.07) is 18.2. The van der Waals surface area contributed by atoms with Crippen LogP contribution in [0.4, 0.5) is 13.2 Å². The molecule has 3 nitrogen and oxygen atoms in total. The predicted molar refractivity (Wildman–Crippen MR) is 101 cm³/mol. The topological polar surface area (TPSA) is 34.1 Å². The van der Waals surface area contributed by atoms with Crippen LogP contribution in [0.15, 0.2) is 60.7 Å². The van der Waals surface area contributed by atoms with Gasteiger partial charge >= 0.3 is 6.36 Å². The van der Waals surface area contributed by atoms with Crippen LogP contribution in [0.1, 0.15) is 22.4 Å². The van der Waals surface area contributed by atoms with Gasteiger partial charge in [-0.2, -0.15) is 0 Å². The van der Waals surface area contributed by atoms with E-state index >= 15 is 0 Å².